The van der Waals surface area contributed by atoms with Crippen LogP contribution in [0.25, 0.3) is 0 Å². The van der Waals surface area contributed by atoms with E-state index in [-0.39, 0.29) is 0 Å². The van der Waals surface area contributed by atoms with E-state index in [1.54, 1.807) is 0 Å². The van der Waals surface area contributed by atoms with E-state index < -0.39 is 5.60 Å². The summed E-state index contributed by atoms with van der Waals surface area (Å²) < 4.78 is 0. The molecule has 0 saturated carbocycles. The van der Waals surface area contributed by atoms with Gasteiger partial charge in [-0.3, -0.25) is 0 Å². The Labute approximate surface area is 121 Å². The Bertz CT molecular complexity index is 517. The minimum atomic E-state index is -0.872. The monoisotopic (exact) mass is 269 g/mol. The fourth-order valence-corrected chi connectivity index (χ4v) is 2.25. The zero-order valence-electron chi connectivity index (χ0n) is 12.3. The summed E-state index contributed by atoms with van der Waals surface area (Å²) in [5.74, 6) is 0. The molecule has 2 nitrogen and oxygen atoms in total. The maximum Gasteiger partial charge on any atom is 0.104 e. The van der Waals surface area contributed by atoms with Gasteiger partial charge in [-0.2, -0.15) is 0 Å². The third-order valence-corrected chi connectivity index (χ3v) is 3.53. The van der Waals surface area contributed by atoms with Crippen LogP contribution in [-0.2, 0) is 12.0 Å². The summed E-state index contributed by atoms with van der Waals surface area (Å²) in [6.07, 6.45) is 2.28. The summed E-state index contributed by atoms with van der Waals surface area (Å²) in [6, 6.07) is 18.2. The van der Waals surface area contributed by atoms with Crippen LogP contribution in [0.1, 0.15) is 31.4 Å². The Morgan fingerprint density at radius 1 is 1.00 bits per heavy atom. The van der Waals surface area contributed by atoms with Gasteiger partial charge in [0.2, 0.25) is 0 Å². The number of aliphatic hydroxyl groups is 1. The highest BCUT2D eigenvalue weighted by Gasteiger charge is 2.22. The van der Waals surface area contributed by atoms with Gasteiger partial charge in [0.25, 0.3) is 0 Å². The number of benzene rings is 2. The highest BCUT2D eigenvalue weighted by molar-refractivity contribution is 5.45. The van der Waals surface area contributed by atoms with Crippen LogP contribution in [0.5, 0.6) is 0 Å². The summed E-state index contributed by atoms with van der Waals surface area (Å²) >= 11 is 0. The van der Waals surface area contributed by atoms with Crippen LogP contribution in [0.2, 0.25) is 0 Å². The standard InChI is InChI=1S/C18H23NO/c1-3-7-15-10-12-17(13-11-15)19-14-18(2,20)16-8-5-4-6-9-16/h4-6,8-13,19-20H,3,7,14H2,1-2H3. The van der Waals surface area contributed by atoms with Crippen molar-refractivity contribution >= 4 is 5.69 Å². The highest BCUT2D eigenvalue weighted by atomic mass is 16.3. The Morgan fingerprint density at radius 3 is 2.25 bits per heavy atom. The summed E-state index contributed by atoms with van der Waals surface area (Å²) in [5, 5.41) is 13.8. The summed E-state index contributed by atoms with van der Waals surface area (Å²) in [7, 11) is 0. The van der Waals surface area contributed by atoms with Crippen LogP contribution < -0.4 is 5.32 Å². The van der Waals surface area contributed by atoms with Crippen molar-refractivity contribution in [1.29, 1.82) is 0 Å². The molecule has 1 unspecified atom stereocenters. The molecule has 0 aliphatic carbocycles. The molecule has 0 fully saturated rings. The molecule has 0 bridgehead atoms. The van der Waals surface area contributed by atoms with Gasteiger partial charge >= 0.3 is 0 Å². The van der Waals surface area contributed by atoms with Crippen molar-refractivity contribution in [2.24, 2.45) is 0 Å². The number of hydrogen-bond acceptors (Lipinski definition) is 2. The summed E-state index contributed by atoms with van der Waals surface area (Å²) in [5.41, 5.74) is 2.45. The minimum Gasteiger partial charge on any atom is -0.384 e. The molecule has 0 amide bonds. The fraction of sp³-hybridized carbons (Fsp3) is 0.333. The predicted octanol–water partition coefficient (Wildman–Crippen LogP) is 3.96. The van der Waals surface area contributed by atoms with Gasteiger partial charge in [-0.1, -0.05) is 55.8 Å². The lowest BCUT2D eigenvalue weighted by Crippen LogP contribution is -2.30. The van der Waals surface area contributed by atoms with Crippen molar-refractivity contribution in [1.82, 2.24) is 0 Å². The quantitative estimate of drug-likeness (QED) is 0.832. The molecule has 2 N–H and O–H groups in total. The number of nitrogens with one attached hydrogen (secondary N) is 1. The van der Waals surface area contributed by atoms with E-state index in [1.807, 2.05) is 37.3 Å². The van der Waals surface area contributed by atoms with E-state index in [0.717, 1.165) is 24.1 Å². The largest absolute Gasteiger partial charge is 0.384 e. The van der Waals surface area contributed by atoms with Gasteiger partial charge in [-0.15, -0.1) is 0 Å². The molecule has 0 aliphatic rings. The van der Waals surface area contributed by atoms with E-state index in [1.165, 1.54) is 5.56 Å². The Kier molecular flexibility index (Phi) is 4.80. The minimum absolute atomic E-state index is 0.490. The van der Waals surface area contributed by atoms with Gasteiger partial charge in [0.05, 0.1) is 0 Å². The second-order valence-electron chi connectivity index (χ2n) is 5.44. The lowest BCUT2D eigenvalue weighted by molar-refractivity contribution is 0.0715. The van der Waals surface area contributed by atoms with Crippen molar-refractivity contribution in [2.75, 3.05) is 11.9 Å². The van der Waals surface area contributed by atoms with Gasteiger partial charge < -0.3 is 10.4 Å². The third-order valence-electron chi connectivity index (χ3n) is 3.53. The molecule has 2 heteroatoms. The van der Waals surface area contributed by atoms with Gasteiger partial charge in [-0.05, 0) is 36.6 Å². The molecule has 1 atom stereocenters. The lowest BCUT2D eigenvalue weighted by atomic mass is 9.96. The first-order valence-corrected chi connectivity index (χ1v) is 7.22. The third kappa shape index (κ3) is 3.84. The Balaban J connectivity index is 1.97. The first kappa shape index (κ1) is 14.6. The molecule has 2 rings (SSSR count). The molecular formula is C18H23NO. The van der Waals surface area contributed by atoms with Gasteiger partial charge in [0.1, 0.15) is 5.60 Å². The van der Waals surface area contributed by atoms with Crippen molar-refractivity contribution in [2.45, 2.75) is 32.3 Å². The predicted molar refractivity (Wildman–Crippen MR) is 84.9 cm³/mol. The number of aryl methyl sites for hydroxylation is 1. The van der Waals surface area contributed by atoms with E-state index >= 15 is 0 Å². The molecule has 2 aromatic rings. The second kappa shape index (κ2) is 6.58. The Morgan fingerprint density at radius 2 is 1.65 bits per heavy atom. The smallest absolute Gasteiger partial charge is 0.104 e. The van der Waals surface area contributed by atoms with Crippen molar-refractivity contribution in [3.8, 4) is 0 Å². The highest BCUT2D eigenvalue weighted by Crippen LogP contribution is 2.21. The molecule has 0 aromatic heterocycles. The lowest BCUT2D eigenvalue weighted by Gasteiger charge is -2.24. The van der Waals surface area contributed by atoms with Crippen LogP contribution in [-0.4, -0.2) is 11.7 Å². The fourth-order valence-electron chi connectivity index (χ4n) is 2.25. The van der Waals surface area contributed by atoms with E-state index in [4.69, 9.17) is 0 Å². The number of hydrogen-bond donors (Lipinski definition) is 2. The number of rotatable bonds is 6. The van der Waals surface area contributed by atoms with Gasteiger partial charge in [0, 0.05) is 12.2 Å². The van der Waals surface area contributed by atoms with Crippen LogP contribution in [0.4, 0.5) is 5.69 Å². The van der Waals surface area contributed by atoms with Crippen LogP contribution >= 0.6 is 0 Å². The van der Waals surface area contributed by atoms with Crippen LogP contribution in [0.3, 0.4) is 0 Å². The second-order valence-corrected chi connectivity index (χ2v) is 5.44. The normalized spacial score (nSPS) is 13.8. The molecular weight excluding hydrogens is 246 g/mol. The zero-order chi connectivity index (χ0) is 14.4. The summed E-state index contributed by atoms with van der Waals surface area (Å²) in [6.45, 7) is 4.51. The van der Waals surface area contributed by atoms with Crippen LogP contribution in [0, 0.1) is 0 Å². The molecule has 0 heterocycles. The maximum atomic E-state index is 10.5. The molecule has 0 saturated heterocycles. The molecule has 2 aromatic carbocycles. The van der Waals surface area contributed by atoms with E-state index in [0.29, 0.717) is 6.54 Å². The molecule has 0 aliphatic heterocycles. The topological polar surface area (TPSA) is 32.3 Å². The number of anilines is 1. The van der Waals surface area contributed by atoms with E-state index in [9.17, 15) is 5.11 Å². The Hall–Kier alpha value is -1.80. The molecule has 20 heavy (non-hydrogen) atoms. The van der Waals surface area contributed by atoms with Gasteiger partial charge in [-0.25, -0.2) is 0 Å². The van der Waals surface area contributed by atoms with Crippen molar-refractivity contribution in [3.63, 3.8) is 0 Å². The SMILES string of the molecule is CCCc1ccc(NCC(C)(O)c2ccccc2)cc1. The van der Waals surface area contributed by atoms with Crippen molar-refractivity contribution in [3.05, 3.63) is 65.7 Å². The summed E-state index contributed by atoms with van der Waals surface area (Å²) in [4.78, 5) is 0. The first-order valence-electron chi connectivity index (χ1n) is 7.22. The molecule has 0 spiro atoms. The average molecular weight is 269 g/mol. The maximum absolute atomic E-state index is 10.5. The molecule has 106 valence electrons. The van der Waals surface area contributed by atoms with E-state index in [2.05, 4.69) is 36.5 Å². The zero-order valence-corrected chi connectivity index (χ0v) is 12.3. The van der Waals surface area contributed by atoms with Gasteiger partial charge in [0.15, 0.2) is 0 Å². The average Bonchev–Trinajstić information content (AvgIpc) is 2.48. The first-order chi connectivity index (χ1) is 9.62. The van der Waals surface area contributed by atoms with Crippen LogP contribution in [0.15, 0.2) is 54.6 Å². The molecule has 0 radical (unpaired) electrons. The van der Waals surface area contributed by atoms with Crippen molar-refractivity contribution < 1.29 is 5.11 Å².